The predicted molar refractivity (Wildman–Crippen MR) is 86.7 cm³/mol. The molecule has 122 valence electrons. The smallest absolute Gasteiger partial charge is 0.343 e. The van der Waals surface area contributed by atoms with E-state index in [2.05, 4.69) is 0 Å². The average Bonchev–Trinajstić information content (AvgIpc) is 2.57. The highest BCUT2D eigenvalue weighted by atomic mass is 16.5. The van der Waals surface area contributed by atoms with Gasteiger partial charge in [0.1, 0.15) is 11.5 Å². The number of hydrogen-bond acceptors (Lipinski definition) is 5. The number of rotatable bonds is 7. The number of esters is 1. The van der Waals surface area contributed by atoms with E-state index in [-0.39, 0.29) is 0 Å². The van der Waals surface area contributed by atoms with Crippen molar-refractivity contribution >= 4 is 5.97 Å². The van der Waals surface area contributed by atoms with E-state index in [0.29, 0.717) is 41.8 Å². The topological polar surface area (TPSA) is 54.0 Å². The summed E-state index contributed by atoms with van der Waals surface area (Å²) in [5.41, 5.74) is 0.396. The van der Waals surface area contributed by atoms with Crippen molar-refractivity contribution in [3.05, 3.63) is 48.0 Å². The van der Waals surface area contributed by atoms with Gasteiger partial charge in [0.2, 0.25) is 0 Å². The van der Waals surface area contributed by atoms with E-state index < -0.39 is 5.97 Å². The molecule has 0 atom stereocenters. The molecule has 0 amide bonds. The summed E-state index contributed by atoms with van der Waals surface area (Å²) >= 11 is 0. The SMILES string of the molecule is CCOc1ccc(C(=O)Oc2ccc(OC)cc2)cc1OCC. The molecule has 0 bridgehead atoms. The van der Waals surface area contributed by atoms with Gasteiger partial charge in [-0.25, -0.2) is 4.79 Å². The summed E-state index contributed by atoms with van der Waals surface area (Å²) in [5, 5.41) is 0. The van der Waals surface area contributed by atoms with Crippen LogP contribution in [0.15, 0.2) is 42.5 Å². The molecule has 0 aliphatic heterocycles. The van der Waals surface area contributed by atoms with Crippen LogP contribution in [0.4, 0.5) is 0 Å². The third-order valence-electron chi connectivity index (χ3n) is 3.05. The molecule has 0 saturated heterocycles. The van der Waals surface area contributed by atoms with Gasteiger partial charge in [-0.2, -0.15) is 0 Å². The Balaban J connectivity index is 2.15. The highest BCUT2D eigenvalue weighted by Crippen LogP contribution is 2.29. The zero-order valence-corrected chi connectivity index (χ0v) is 13.5. The Morgan fingerprint density at radius 2 is 1.48 bits per heavy atom. The lowest BCUT2D eigenvalue weighted by molar-refractivity contribution is 0.0734. The molecule has 0 aliphatic carbocycles. The fraction of sp³-hybridized carbons (Fsp3) is 0.278. The highest BCUT2D eigenvalue weighted by Gasteiger charge is 2.13. The van der Waals surface area contributed by atoms with Crippen molar-refractivity contribution in [2.24, 2.45) is 0 Å². The van der Waals surface area contributed by atoms with Crippen LogP contribution < -0.4 is 18.9 Å². The van der Waals surface area contributed by atoms with Crippen LogP contribution in [0.5, 0.6) is 23.0 Å². The van der Waals surface area contributed by atoms with Gasteiger partial charge >= 0.3 is 5.97 Å². The molecule has 0 aliphatic rings. The van der Waals surface area contributed by atoms with Crippen LogP contribution in [0, 0.1) is 0 Å². The largest absolute Gasteiger partial charge is 0.497 e. The summed E-state index contributed by atoms with van der Waals surface area (Å²) in [6.45, 7) is 4.77. The Bertz CT molecular complexity index is 649. The molecule has 5 heteroatoms. The van der Waals surface area contributed by atoms with E-state index in [0.717, 1.165) is 0 Å². The number of hydrogen-bond donors (Lipinski definition) is 0. The second-order valence-corrected chi connectivity index (χ2v) is 4.59. The van der Waals surface area contributed by atoms with E-state index in [9.17, 15) is 4.79 Å². The van der Waals surface area contributed by atoms with Crippen LogP contribution >= 0.6 is 0 Å². The van der Waals surface area contributed by atoms with Gasteiger partial charge in [-0.3, -0.25) is 0 Å². The van der Waals surface area contributed by atoms with Gasteiger partial charge in [-0.15, -0.1) is 0 Å². The van der Waals surface area contributed by atoms with E-state index in [1.807, 2.05) is 13.8 Å². The van der Waals surface area contributed by atoms with Crippen LogP contribution in [0.2, 0.25) is 0 Å². The lowest BCUT2D eigenvalue weighted by Gasteiger charge is -2.12. The normalized spacial score (nSPS) is 10.0. The molecular formula is C18H20O5. The molecule has 0 unspecified atom stereocenters. The molecular weight excluding hydrogens is 296 g/mol. The van der Waals surface area contributed by atoms with Crippen molar-refractivity contribution < 1.29 is 23.7 Å². The number of benzene rings is 2. The first kappa shape index (κ1) is 16.7. The van der Waals surface area contributed by atoms with Crippen molar-refractivity contribution in [3.8, 4) is 23.0 Å². The number of methoxy groups -OCH3 is 1. The fourth-order valence-electron chi connectivity index (χ4n) is 1.99. The molecule has 2 aromatic rings. The maximum Gasteiger partial charge on any atom is 0.343 e. The molecule has 0 N–H and O–H groups in total. The number of carbonyl (C=O) groups excluding carboxylic acids is 1. The zero-order chi connectivity index (χ0) is 16.7. The summed E-state index contributed by atoms with van der Waals surface area (Å²) in [7, 11) is 1.58. The zero-order valence-electron chi connectivity index (χ0n) is 13.5. The summed E-state index contributed by atoms with van der Waals surface area (Å²) < 4.78 is 21.4. The molecule has 0 saturated carbocycles. The van der Waals surface area contributed by atoms with E-state index >= 15 is 0 Å². The molecule has 0 heterocycles. The summed E-state index contributed by atoms with van der Waals surface area (Å²) in [4.78, 5) is 12.2. The minimum absolute atomic E-state index is 0.396. The Kier molecular flexibility index (Phi) is 5.86. The van der Waals surface area contributed by atoms with E-state index in [4.69, 9.17) is 18.9 Å². The standard InChI is InChI=1S/C18H20O5/c1-4-21-16-11-6-13(12-17(16)22-5-2)18(19)23-15-9-7-14(20-3)8-10-15/h6-12H,4-5H2,1-3H3. The highest BCUT2D eigenvalue weighted by molar-refractivity contribution is 5.91. The first-order valence-corrected chi connectivity index (χ1v) is 7.43. The summed E-state index contributed by atoms with van der Waals surface area (Å²) in [6.07, 6.45) is 0. The van der Waals surface area contributed by atoms with Crippen LogP contribution in [0.1, 0.15) is 24.2 Å². The van der Waals surface area contributed by atoms with Gasteiger partial charge < -0.3 is 18.9 Å². The second-order valence-electron chi connectivity index (χ2n) is 4.59. The maximum atomic E-state index is 12.2. The van der Waals surface area contributed by atoms with Crippen LogP contribution in [-0.4, -0.2) is 26.3 Å². The minimum Gasteiger partial charge on any atom is -0.497 e. The monoisotopic (exact) mass is 316 g/mol. The van der Waals surface area contributed by atoms with E-state index in [1.54, 1.807) is 49.6 Å². The lowest BCUT2D eigenvalue weighted by Crippen LogP contribution is -2.09. The molecule has 0 spiro atoms. The Morgan fingerprint density at radius 1 is 0.870 bits per heavy atom. The van der Waals surface area contributed by atoms with Crippen molar-refractivity contribution in [2.45, 2.75) is 13.8 Å². The van der Waals surface area contributed by atoms with E-state index in [1.165, 1.54) is 0 Å². The average molecular weight is 316 g/mol. The van der Waals surface area contributed by atoms with Gasteiger partial charge in [0.05, 0.1) is 25.9 Å². The molecule has 0 aromatic heterocycles. The van der Waals surface area contributed by atoms with Crippen molar-refractivity contribution in [2.75, 3.05) is 20.3 Å². The van der Waals surface area contributed by atoms with Crippen molar-refractivity contribution in [1.29, 1.82) is 0 Å². The second kappa shape index (κ2) is 8.08. The Labute approximate surface area is 135 Å². The van der Waals surface area contributed by atoms with Gasteiger partial charge in [-0.05, 0) is 56.3 Å². The maximum absolute atomic E-state index is 12.2. The van der Waals surface area contributed by atoms with Gasteiger partial charge in [0.25, 0.3) is 0 Å². The first-order chi connectivity index (χ1) is 11.2. The Morgan fingerprint density at radius 3 is 2.09 bits per heavy atom. The minimum atomic E-state index is -0.459. The van der Waals surface area contributed by atoms with Crippen LogP contribution in [0.3, 0.4) is 0 Å². The van der Waals surface area contributed by atoms with Gasteiger partial charge in [-0.1, -0.05) is 0 Å². The third-order valence-corrected chi connectivity index (χ3v) is 3.05. The fourth-order valence-corrected chi connectivity index (χ4v) is 1.99. The molecule has 5 nitrogen and oxygen atoms in total. The van der Waals surface area contributed by atoms with Crippen LogP contribution in [0.25, 0.3) is 0 Å². The lowest BCUT2D eigenvalue weighted by atomic mass is 10.2. The number of ether oxygens (including phenoxy) is 4. The summed E-state index contributed by atoms with van der Waals surface area (Å²) in [6, 6.07) is 11.8. The third kappa shape index (κ3) is 4.39. The van der Waals surface area contributed by atoms with Gasteiger partial charge in [0.15, 0.2) is 11.5 Å². The molecule has 2 rings (SSSR count). The summed E-state index contributed by atoms with van der Waals surface area (Å²) in [5.74, 6) is 1.82. The predicted octanol–water partition coefficient (Wildman–Crippen LogP) is 3.71. The van der Waals surface area contributed by atoms with Crippen molar-refractivity contribution in [1.82, 2.24) is 0 Å². The molecule has 0 radical (unpaired) electrons. The molecule has 23 heavy (non-hydrogen) atoms. The van der Waals surface area contributed by atoms with Gasteiger partial charge in [0, 0.05) is 0 Å². The Hall–Kier alpha value is -2.69. The number of carbonyl (C=O) groups is 1. The van der Waals surface area contributed by atoms with Crippen LogP contribution in [-0.2, 0) is 0 Å². The van der Waals surface area contributed by atoms with Crippen molar-refractivity contribution in [3.63, 3.8) is 0 Å². The molecule has 0 fully saturated rings. The quantitative estimate of drug-likeness (QED) is 0.576. The molecule has 2 aromatic carbocycles. The first-order valence-electron chi connectivity index (χ1n) is 7.43.